The average molecular weight is 222 g/mol. The maximum atomic E-state index is 8.73. The number of piperazine rings is 1. The highest BCUT2D eigenvalue weighted by Crippen LogP contribution is 2.20. The third-order valence-corrected chi connectivity index (χ3v) is 2.83. The van der Waals surface area contributed by atoms with Crippen LogP contribution in [-0.4, -0.2) is 31.1 Å². The fraction of sp³-hybridized carbons (Fsp3) is 0.364. The Balaban J connectivity index is 2.05. The third-order valence-electron chi connectivity index (χ3n) is 2.59. The number of halogens is 1. The van der Waals surface area contributed by atoms with E-state index in [0.29, 0.717) is 0 Å². The van der Waals surface area contributed by atoms with Gasteiger partial charge in [0, 0.05) is 36.9 Å². The molecule has 0 bridgehead atoms. The minimum Gasteiger partial charge on any atom is -0.368 e. The molecule has 1 aliphatic rings. The third kappa shape index (κ3) is 2.34. The molecule has 2 rings (SSSR count). The normalized spacial score (nSPS) is 16.3. The quantitative estimate of drug-likeness (QED) is 0.679. The van der Waals surface area contributed by atoms with Gasteiger partial charge in [0.2, 0.25) is 0 Å². The molecule has 0 saturated carbocycles. The Kier molecular flexibility index (Phi) is 2.98. The minimum atomic E-state index is 0.759. The maximum Gasteiger partial charge on any atom is 0.179 e. The zero-order chi connectivity index (χ0) is 10.7. The zero-order valence-corrected chi connectivity index (χ0v) is 9.11. The van der Waals surface area contributed by atoms with Crippen molar-refractivity contribution in [3.63, 3.8) is 0 Å². The van der Waals surface area contributed by atoms with Crippen LogP contribution in [0.2, 0.25) is 5.02 Å². The summed E-state index contributed by atoms with van der Waals surface area (Å²) in [5.41, 5.74) is 1.14. The molecule has 1 aliphatic heterocycles. The molecule has 1 aromatic rings. The zero-order valence-electron chi connectivity index (χ0n) is 8.36. The van der Waals surface area contributed by atoms with Crippen LogP contribution in [0.5, 0.6) is 0 Å². The highest BCUT2D eigenvalue weighted by atomic mass is 35.5. The number of rotatable bonds is 1. The van der Waals surface area contributed by atoms with Gasteiger partial charge in [-0.2, -0.15) is 5.26 Å². The van der Waals surface area contributed by atoms with Crippen LogP contribution in [0.1, 0.15) is 0 Å². The van der Waals surface area contributed by atoms with E-state index in [1.807, 2.05) is 24.3 Å². The molecule has 0 aliphatic carbocycles. The van der Waals surface area contributed by atoms with Crippen molar-refractivity contribution in [3.05, 3.63) is 29.3 Å². The summed E-state index contributed by atoms with van der Waals surface area (Å²) in [6.07, 6.45) is 2.17. The average Bonchev–Trinajstić information content (AvgIpc) is 2.29. The van der Waals surface area contributed by atoms with Crippen LogP contribution < -0.4 is 4.90 Å². The highest BCUT2D eigenvalue weighted by molar-refractivity contribution is 6.30. The van der Waals surface area contributed by atoms with Gasteiger partial charge in [0.25, 0.3) is 0 Å². The van der Waals surface area contributed by atoms with E-state index >= 15 is 0 Å². The minimum absolute atomic E-state index is 0.759. The molecule has 3 nitrogen and oxygen atoms in total. The van der Waals surface area contributed by atoms with Crippen LogP contribution >= 0.6 is 11.6 Å². The predicted octanol–water partition coefficient (Wildman–Crippen LogP) is 1.94. The molecule has 1 fully saturated rings. The van der Waals surface area contributed by atoms with E-state index < -0.39 is 0 Å². The summed E-state index contributed by atoms with van der Waals surface area (Å²) in [7, 11) is 0. The van der Waals surface area contributed by atoms with E-state index in [2.05, 4.69) is 11.1 Å². The van der Waals surface area contributed by atoms with Crippen molar-refractivity contribution in [1.82, 2.24) is 4.90 Å². The Morgan fingerprint density at radius 2 is 1.93 bits per heavy atom. The van der Waals surface area contributed by atoms with Gasteiger partial charge >= 0.3 is 0 Å². The number of hydrogen-bond donors (Lipinski definition) is 0. The molecule has 1 saturated heterocycles. The van der Waals surface area contributed by atoms with Crippen LogP contribution in [0.25, 0.3) is 0 Å². The van der Waals surface area contributed by atoms with E-state index in [1.165, 1.54) is 0 Å². The number of hydrogen-bond acceptors (Lipinski definition) is 3. The smallest absolute Gasteiger partial charge is 0.179 e. The van der Waals surface area contributed by atoms with Crippen LogP contribution in [-0.2, 0) is 0 Å². The Morgan fingerprint density at radius 3 is 2.53 bits per heavy atom. The lowest BCUT2D eigenvalue weighted by Crippen LogP contribution is -2.44. The number of nitriles is 1. The molecule has 78 valence electrons. The van der Waals surface area contributed by atoms with E-state index in [1.54, 1.807) is 4.90 Å². The number of benzene rings is 1. The largest absolute Gasteiger partial charge is 0.368 e. The summed E-state index contributed by atoms with van der Waals surface area (Å²) in [5.74, 6) is 0. The van der Waals surface area contributed by atoms with Crippen molar-refractivity contribution in [2.75, 3.05) is 31.1 Å². The Morgan fingerprint density at radius 1 is 1.20 bits per heavy atom. The molecule has 0 amide bonds. The lowest BCUT2D eigenvalue weighted by Gasteiger charge is -2.33. The summed E-state index contributed by atoms with van der Waals surface area (Å²) in [5, 5.41) is 9.49. The van der Waals surface area contributed by atoms with E-state index in [-0.39, 0.29) is 0 Å². The van der Waals surface area contributed by atoms with Crippen LogP contribution in [0.15, 0.2) is 24.3 Å². The Hall–Kier alpha value is -1.40. The summed E-state index contributed by atoms with van der Waals surface area (Å²) < 4.78 is 0. The first-order valence-electron chi connectivity index (χ1n) is 4.95. The SMILES string of the molecule is N#CN1CCN(c2cccc(Cl)c2)CC1. The van der Waals surface area contributed by atoms with Crippen molar-refractivity contribution in [3.8, 4) is 6.19 Å². The second-order valence-corrected chi connectivity index (χ2v) is 3.99. The molecule has 0 aromatic heterocycles. The van der Waals surface area contributed by atoms with Crippen LogP contribution in [0.3, 0.4) is 0 Å². The molecule has 15 heavy (non-hydrogen) atoms. The predicted molar refractivity (Wildman–Crippen MR) is 60.9 cm³/mol. The van der Waals surface area contributed by atoms with Crippen LogP contribution in [0, 0.1) is 11.5 Å². The molecular weight excluding hydrogens is 210 g/mol. The monoisotopic (exact) mass is 221 g/mol. The molecule has 0 atom stereocenters. The highest BCUT2D eigenvalue weighted by Gasteiger charge is 2.15. The molecule has 0 radical (unpaired) electrons. The first-order chi connectivity index (χ1) is 7.29. The summed E-state index contributed by atoms with van der Waals surface area (Å²) in [6, 6.07) is 7.84. The van der Waals surface area contributed by atoms with Crippen molar-refractivity contribution >= 4 is 17.3 Å². The molecule has 4 heteroatoms. The lowest BCUT2D eigenvalue weighted by atomic mass is 10.2. The molecule has 0 unspecified atom stereocenters. The number of anilines is 1. The van der Waals surface area contributed by atoms with Crippen molar-refractivity contribution < 1.29 is 0 Å². The van der Waals surface area contributed by atoms with E-state index in [0.717, 1.165) is 36.9 Å². The standard InChI is InChI=1S/C11H12ClN3/c12-10-2-1-3-11(8-10)15-6-4-14(9-13)5-7-15/h1-3,8H,4-7H2. The number of nitrogens with zero attached hydrogens (tertiary/aromatic N) is 3. The first-order valence-corrected chi connectivity index (χ1v) is 5.32. The Bertz CT molecular complexity index is 378. The topological polar surface area (TPSA) is 30.3 Å². The van der Waals surface area contributed by atoms with Gasteiger partial charge in [-0.05, 0) is 18.2 Å². The van der Waals surface area contributed by atoms with Gasteiger partial charge < -0.3 is 9.80 Å². The van der Waals surface area contributed by atoms with Gasteiger partial charge in [-0.3, -0.25) is 0 Å². The maximum absolute atomic E-state index is 8.73. The van der Waals surface area contributed by atoms with Gasteiger partial charge in [0.05, 0.1) is 0 Å². The summed E-state index contributed by atoms with van der Waals surface area (Å²) in [6.45, 7) is 3.35. The molecular formula is C11H12ClN3. The second-order valence-electron chi connectivity index (χ2n) is 3.55. The first kappa shape index (κ1) is 10.1. The molecule has 1 aromatic carbocycles. The Labute approximate surface area is 94.5 Å². The van der Waals surface area contributed by atoms with Crippen molar-refractivity contribution in [2.24, 2.45) is 0 Å². The van der Waals surface area contributed by atoms with E-state index in [9.17, 15) is 0 Å². The summed E-state index contributed by atoms with van der Waals surface area (Å²) >= 11 is 5.93. The molecule has 0 N–H and O–H groups in total. The van der Waals surface area contributed by atoms with E-state index in [4.69, 9.17) is 16.9 Å². The van der Waals surface area contributed by atoms with Crippen LogP contribution in [0.4, 0.5) is 5.69 Å². The molecule has 0 spiro atoms. The van der Waals surface area contributed by atoms with Crippen molar-refractivity contribution in [2.45, 2.75) is 0 Å². The summed E-state index contributed by atoms with van der Waals surface area (Å²) in [4.78, 5) is 4.03. The lowest BCUT2D eigenvalue weighted by molar-refractivity contribution is 0.363. The van der Waals surface area contributed by atoms with Gasteiger partial charge in [-0.25, -0.2) is 0 Å². The molecule has 1 heterocycles. The fourth-order valence-corrected chi connectivity index (χ4v) is 1.92. The van der Waals surface area contributed by atoms with Gasteiger partial charge in [-0.15, -0.1) is 0 Å². The van der Waals surface area contributed by atoms with Crippen molar-refractivity contribution in [1.29, 1.82) is 5.26 Å². The van der Waals surface area contributed by atoms with Gasteiger partial charge in [0.15, 0.2) is 6.19 Å². The fourth-order valence-electron chi connectivity index (χ4n) is 1.74. The van der Waals surface area contributed by atoms with Gasteiger partial charge in [0.1, 0.15) is 0 Å². The van der Waals surface area contributed by atoms with Gasteiger partial charge in [-0.1, -0.05) is 17.7 Å². The second kappa shape index (κ2) is 4.41.